The molecule has 1 fully saturated rings. The van der Waals surface area contributed by atoms with Gasteiger partial charge in [-0.25, -0.2) is 0 Å². The van der Waals surface area contributed by atoms with Gasteiger partial charge >= 0.3 is 0 Å². The van der Waals surface area contributed by atoms with Crippen LogP contribution in [0.15, 0.2) is 10.6 Å². The number of aromatic nitrogens is 4. The summed E-state index contributed by atoms with van der Waals surface area (Å²) in [7, 11) is 0. The Morgan fingerprint density at radius 2 is 2.19 bits per heavy atom. The molecule has 1 aliphatic heterocycles. The minimum atomic E-state index is 0.163. The highest BCUT2D eigenvalue weighted by molar-refractivity contribution is 5.07. The summed E-state index contributed by atoms with van der Waals surface area (Å²) >= 11 is 0. The van der Waals surface area contributed by atoms with Crippen molar-refractivity contribution in [3.63, 3.8) is 0 Å². The highest BCUT2D eigenvalue weighted by atomic mass is 16.5. The van der Waals surface area contributed by atoms with Gasteiger partial charge in [0.15, 0.2) is 5.82 Å². The summed E-state index contributed by atoms with van der Waals surface area (Å²) in [6.07, 6.45) is 2.40. The second kappa shape index (κ2) is 5.60. The average molecular weight is 289 g/mol. The van der Waals surface area contributed by atoms with Gasteiger partial charge in [-0.1, -0.05) is 5.16 Å². The lowest BCUT2D eigenvalue weighted by Gasteiger charge is -2.28. The molecule has 0 N–H and O–H groups in total. The highest BCUT2D eigenvalue weighted by Gasteiger charge is 2.32. The molecule has 3 heterocycles. The third-order valence-corrected chi connectivity index (χ3v) is 4.31. The van der Waals surface area contributed by atoms with Crippen molar-refractivity contribution >= 4 is 0 Å². The van der Waals surface area contributed by atoms with Crippen molar-refractivity contribution in [1.29, 1.82) is 0 Å². The molecule has 0 aliphatic carbocycles. The van der Waals surface area contributed by atoms with E-state index in [0.29, 0.717) is 17.8 Å². The van der Waals surface area contributed by atoms with Crippen molar-refractivity contribution in [2.45, 2.75) is 59.2 Å². The Kier molecular flexibility index (Phi) is 3.80. The lowest BCUT2D eigenvalue weighted by atomic mass is 10.2. The lowest BCUT2D eigenvalue weighted by molar-refractivity contribution is 0.144. The first kappa shape index (κ1) is 14.3. The van der Waals surface area contributed by atoms with Crippen LogP contribution in [0.3, 0.4) is 0 Å². The third kappa shape index (κ3) is 2.85. The number of aryl methyl sites for hydroxylation is 3. The largest absolute Gasteiger partial charge is 0.338 e. The van der Waals surface area contributed by atoms with Crippen LogP contribution in [0.1, 0.15) is 48.9 Å². The van der Waals surface area contributed by atoms with Crippen LogP contribution in [-0.4, -0.2) is 37.4 Å². The Morgan fingerprint density at radius 1 is 1.38 bits per heavy atom. The molecule has 0 aromatic carbocycles. The van der Waals surface area contributed by atoms with E-state index in [4.69, 9.17) is 4.52 Å². The van der Waals surface area contributed by atoms with Crippen LogP contribution in [0, 0.1) is 20.8 Å². The fraction of sp³-hybridized carbons (Fsp3) is 0.667. The zero-order chi connectivity index (χ0) is 15.0. The fourth-order valence-corrected chi connectivity index (χ4v) is 3.25. The Hall–Kier alpha value is -1.69. The van der Waals surface area contributed by atoms with Crippen molar-refractivity contribution < 1.29 is 4.52 Å². The molecule has 6 heteroatoms. The maximum atomic E-state index is 5.34. The van der Waals surface area contributed by atoms with E-state index in [1.165, 1.54) is 18.5 Å². The smallest absolute Gasteiger partial charge is 0.243 e. The Balaban J connectivity index is 1.74. The Bertz CT molecular complexity index is 617. The summed E-state index contributed by atoms with van der Waals surface area (Å²) in [5.41, 5.74) is 2.30. The molecule has 114 valence electrons. The first-order valence-electron chi connectivity index (χ1n) is 7.61. The Labute approximate surface area is 125 Å². The van der Waals surface area contributed by atoms with Crippen molar-refractivity contribution in [1.82, 2.24) is 24.8 Å². The molecule has 2 aromatic rings. The fourth-order valence-electron chi connectivity index (χ4n) is 3.25. The summed E-state index contributed by atoms with van der Waals surface area (Å²) in [4.78, 5) is 6.84. The third-order valence-electron chi connectivity index (χ3n) is 4.31. The first-order chi connectivity index (χ1) is 10.0. The molecule has 2 aromatic heterocycles. The average Bonchev–Trinajstić information content (AvgIpc) is 3.12. The second-order valence-electron chi connectivity index (χ2n) is 6.00. The quantitative estimate of drug-likeness (QED) is 0.865. The normalized spacial score (nSPS) is 21.0. The number of nitrogens with zero attached hydrogens (tertiary/aromatic N) is 5. The molecule has 0 unspecified atom stereocenters. The summed E-state index contributed by atoms with van der Waals surface area (Å²) in [5.74, 6) is 1.42. The van der Waals surface area contributed by atoms with Gasteiger partial charge in [-0.2, -0.15) is 10.1 Å². The van der Waals surface area contributed by atoms with Gasteiger partial charge in [-0.05, 0) is 53.1 Å². The number of likely N-dealkylation sites (tertiary alicyclic amines) is 1. The standard InChI is InChI=1S/C15H23N5O/c1-10-8-11(2)20(17-10)9-14-6-5-7-19(14)12(3)15-16-13(4)18-21-15/h8,12,14H,5-7,9H2,1-4H3/t12-,14-/m1/s1. The molecule has 0 radical (unpaired) electrons. The lowest BCUT2D eigenvalue weighted by Crippen LogP contribution is -2.35. The Morgan fingerprint density at radius 3 is 2.81 bits per heavy atom. The van der Waals surface area contributed by atoms with Crippen LogP contribution in [0.2, 0.25) is 0 Å². The summed E-state index contributed by atoms with van der Waals surface area (Å²) < 4.78 is 7.45. The molecule has 3 rings (SSSR count). The first-order valence-corrected chi connectivity index (χ1v) is 7.61. The molecule has 21 heavy (non-hydrogen) atoms. The highest BCUT2D eigenvalue weighted by Crippen LogP contribution is 2.29. The van der Waals surface area contributed by atoms with Gasteiger partial charge in [0.2, 0.25) is 5.89 Å². The number of rotatable bonds is 4. The van der Waals surface area contributed by atoms with E-state index in [9.17, 15) is 0 Å². The van der Waals surface area contributed by atoms with E-state index in [1.54, 1.807) is 0 Å². The zero-order valence-electron chi connectivity index (χ0n) is 13.2. The number of hydrogen-bond acceptors (Lipinski definition) is 5. The predicted octanol–water partition coefficient (Wildman–Crippen LogP) is 2.42. The van der Waals surface area contributed by atoms with Crippen LogP contribution in [0.4, 0.5) is 0 Å². The van der Waals surface area contributed by atoms with E-state index in [2.05, 4.69) is 44.7 Å². The SMILES string of the molecule is Cc1cc(C)n(C[C@H]2CCCN2[C@H](C)c2nc(C)no2)n1. The molecule has 0 bridgehead atoms. The van der Waals surface area contributed by atoms with Crippen molar-refractivity contribution in [3.8, 4) is 0 Å². The van der Waals surface area contributed by atoms with Crippen molar-refractivity contribution in [2.24, 2.45) is 0 Å². The molecule has 0 saturated carbocycles. The summed E-state index contributed by atoms with van der Waals surface area (Å²) in [6, 6.07) is 2.77. The molecule has 2 atom stereocenters. The van der Waals surface area contributed by atoms with Gasteiger partial charge in [0.05, 0.1) is 18.3 Å². The zero-order valence-corrected chi connectivity index (χ0v) is 13.2. The second-order valence-corrected chi connectivity index (χ2v) is 6.00. The minimum absolute atomic E-state index is 0.163. The minimum Gasteiger partial charge on any atom is -0.338 e. The molecular formula is C15H23N5O. The van der Waals surface area contributed by atoms with Gasteiger partial charge in [0, 0.05) is 11.7 Å². The topological polar surface area (TPSA) is 60.0 Å². The van der Waals surface area contributed by atoms with Crippen LogP contribution >= 0.6 is 0 Å². The van der Waals surface area contributed by atoms with Gasteiger partial charge < -0.3 is 4.52 Å². The summed E-state index contributed by atoms with van der Waals surface area (Å²) in [6.45, 7) is 10.2. The number of hydrogen-bond donors (Lipinski definition) is 0. The molecule has 1 saturated heterocycles. The maximum Gasteiger partial charge on any atom is 0.243 e. The molecule has 0 spiro atoms. The molecular weight excluding hydrogens is 266 g/mol. The predicted molar refractivity (Wildman–Crippen MR) is 78.9 cm³/mol. The maximum absolute atomic E-state index is 5.34. The van der Waals surface area contributed by atoms with E-state index in [1.807, 2.05) is 13.8 Å². The molecule has 1 aliphatic rings. The molecule has 0 amide bonds. The van der Waals surface area contributed by atoms with Gasteiger partial charge in [0.1, 0.15) is 0 Å². The van der Waals surface area contributed by atoms with Crippen molar-refractivity contribution in [2.75, 3.05) is 6.54 Å². The van der Waals surface area contributed by atoms with E-state index < -0.39 is 0 Å². The van der Waals surface area contributed by atoms with E-state index in [0.717, 1.165) is 18.8 Å². The monoisotopic (exact) mass is 289 g/mol. The van der Waals surface area contributed by atoms with Gasteiger partial charge in [0.25, 0.3) is 0 Å². The van der Waals surface area contributed by atoms with Crippen molar-refractivity contribution in [3.05, 3.63) is 29.2 Å². The van der Waals surface area contributed by atoms with Crippen LogP contribution < -0.4 is 0 Å². The van der Waals surface area contributed by atoms with E-state index >= 15 is 0 Å². The van der Waals surface area contributed by atoms with Crippen LogP contribution in [-0.2, 0) is 6.54 Å². The van der Waals surface area contributed by atoms with Gasteiger partial charge in [-0.3, -0.25) is 9.58 Å². The molecule has 6 nitrogen and oxygen atoms in total. The van der Waals surface area contributed by atoms with E-state index in [-0.39, 0.29) is 6.04 Å². The summed E-state index contributed by atoms with van der Waals surface area (Å²) in [5, 5.41) is 8.49. The van der Waals surface area contributed by atoms with Gasteiger partial charge in [-0.15, -0.1) is 0 Å². The van der Waals surface area contributed by atoms with Crippen LogP contribution in [0.25, 0.3) is 0 Å². The van der Waals surface area contributed by atoms with Crippen LogP contribution in [0.5, 0.6) is 0 Å².